The molecule has 2 aromatic rings. The predicted molar refractivity (Wildman–Crippen MR) is 120 cm³/mol. The van der Waals surface area contributed by atoms with E-state index in [0.29, 0.717) is 29.3 Å². The zero-order chi connectivity index (χ0) is 21.5. The zero-order valence-corrected chi connectivity index (χ0v) is 18.8. The van der Waals surface area contributed by atoms with Crippen LogP contribution in [0.1, 0.15) is 56.0 Å². The summed E-state index contributed by atoms with van der Waals surface area (Å²) in [4.78, 5) is 24.7. The number of hydrogen-bond donors (Lipinski definition) is 2. The van der Waals surface area contributed by atoms with Crippen LogP contribution in [0, 0.1) is 13.8 Å². The van der Waals surface area contributed by atoms with E-state index >= 15 is 0 Å². The average molecular weight is 430 g/mol. The second-order valence-electron chi connectivity index (χ2n) is 7.86. The quantitative estimate of drug-likeness (QED) is 0.626. The van der Waals surface area contributed by atoms with Gasteiger partial charge in [0.05, 0.1) is 12.2 Å². The van der Waals surface area contributed by atoms with Crippen LogP contribution in [0.5, 0.6) is 0 Å². The molecular weight excluding hydrogens is 398 g/mol. The Kier molecular flexibility index (Phi) is 7.90. The maximum absolute atomic E-state index is 12.5. The summed E-state index contributed by atoms with van der Waals surface area (Å²) in [5.41, 5.74) is 3.10. The number of amides is 2. The number of anilines is 1. The fourth-order valence-electron chi connectivity index (χ4n) is 3.69. The zero-order valence-electron chi connectivity index (χ0n) is 18.0. The van der Waals surface area contributed by atoms with Crippen molar-refractivity contribution in [3.05, 3.63) is 35.2 Å². The molecular formula is C22H31N5O2S. The topological polar surface area (TPSA) is 88.9 Å². The van der Waals surface area contributed by atoms with Crippen LogP contribution >= 0.6 is 11.8 Å². The van der Waals surface area contributed by atoms with E-state index in [9.17, 15) is 9.59 Å². The fraction of sp³-hybridized carbons (Fsp3) is 0.545. The highest BCUT2D eigenvalue weighted by molar-refractivity contribution is 7.99. The third kappa shape index (κ3) is 6.08. The lowest BCUT2D eigenvalue weighted by atomic mass is 9.95. The highest BCUT2D eigenvalue weighted by Crippen LogP contribution is 2.20. The number of nitrogens with zero attached hydrogens (tertiary/aromatic N) is 3. The van der Waals surface area contributed by atoms with Crippen LogP contribution in [-0.2, 0) is 22.6 Å². The van der Waals surface area contributed by atoms with Crippen LogP contribution in [0.25, 0.3) is 0 Å². The van der Waals surface area contributed by atoms with Crippen LogP contribution in [0.2, 0.25) is 0 Å². The summed E-state index contributed by atoms with van der Waals surface area (Å²) in [6.45, 7) is 6.69. The van der Waals surface area contributed by atoms with Crippen LogP contribution in [0.3, 0.4) is 0 Å². The molecule has 0 unspecified atom stereocenters. The molecule has 0 atom stereocenters. The van der Waals surface area contributed by atoms with Gasteiger partial charge in [0, 0.05) is 18.3 Å². The molecule has 0 aliphatic heterocycles. The van der Waals surface area contributed by atoms with E-state index in [2.05, 4.69) is 20.8 Å². The highest BCUT2D eigenvalue weighted by Gasteiger charge is 2.18. The average Bonchev–Trinajstić information content (AvgIpc) is 3.11. The van der Waals surface area contributed by atoms with Crippen molar-refractivity contribution < 1.29 is 9.59 Å². The Bertz CT molecular complexity index is 890. The van der Waals surface area contributed by atoms with Gasteiger partial charge >= 0.3 is 0 Å². The second kappa shape index (κ2) is 10.6. The first-order valence-corrected chi connectivity index (χ1v) is 11.7. The summed E-state index contributed by atoms with van der Waals surface area (Å²) in [6.07, 6.45) is 5.93. The van der Waals surface area contributed by atoms with Crippen LogP contribution in [0.15, 0.2) is 23.4 Å². The largest absolute Gasteiger partial charge is 0.353 e. The monoisotopic (exact) mass is 429 g/mol. The van der Waals surface area contributed by atoms with Gasteiger partial charge < -0.3 is 15.2 Å². The number of nitrogens with one attached hydrogen (secondary N) is 2. The number of thioether (sulfide) groups is 1. The lowest BCUT2D eigenvalue weighted by Crippen LogP contribution is -2.37. The van der Waals surface area contributed by atoms with Crippen LogP contribution < -0.4 is 10.6 Å². The maximum atomic E-state index is 12.5. The molecule has 1 aliphatic rings. The van der Waals surface area contributed by atoms with Gasteiger partial charge in [-0.25, -0.2) is 0 Å². The van der Waals surface area contributed by atoms with Gasteiger partial charge in [-0.15, -0.1) is 10.2 Å². The lowest BCUT2D eigenvalue weighted by Gasteiger charge is -2.22. The first-order chi connectivity index (χ1) is 14.5. The maximum Gasteiger partial charge on any atom is 0.232 e. The summed E-state index contributed by atoms with van der Waals surface area (Å²) >= 11 is 1.37. The van der Waals surface area contributed by atoms with Gasteiger partial charge in [0.1, 0.15) is 5.82 Å². The number of rotatable bonds is 8. The van der Waals surface area contributed by atoms with Gasteiger partial charge in [-0.1, -0.05) is 37.1 Å². The number of carbonyl (C=O) groups excluding carboxylic acids is 2. The Morgan fingerprint density at radius 2 is 1.87 bits per heavy atom. The van der Waals surface area contributed by atoms with E-state index in [1.165, 1.54) is 36.6 Å². The number of carbonyl (C=O) groups is 2. The molecule has 1 aromatic carbocycles. The van der Waals surface area contributed by atoms with Crippen molar-refractivity contribution in [1.82, 2.24) is 20.1 Å². The molecule has 30 heavy (non-hydrogen) atoms. The number of hydrogen-bond acceptors (Lipinski definition) is 5. The van der Waals surface area contributed by atoms with Crippen molar-refractivity contribution in [3.63, 3.8) is 0 Å². The normalized spacial score (nSPS) is 14.5. The Balaban J connectivity index is 1.54. The van der Waals surface area contributed by atoms with Crippen molar-refractivity contribution >= 4 is 29.3 Å². The highest BCUT2D eigenvalue weighted by atomic mass is 32.2. The van der Waals surface area contributed by atoms with E-state index in [-0.39, 0.29) is 18.2 Å². The molecule has 7 nitrogen and oxygen atoms in total. The molecule has 1 aromatic heterocycles. The Labute approximate surface area is 182 Å². The molecule has 2 amide bonds. The minimum absolute atomic E-state index is 0.0339. The van der Waals surface area contributed by atoms with Gasteiger partial charge in [0.15, 0.2) is 5.16 Å². The summed E-state index contributed by atoms with van der Waals surface area (Å²) in [5.74, 6) is 0.816. The molecule has 8 heteroatoms. The first kappa shape index (κ1) is 22.3. The summed E-state index contributed by atoms with van der Waals surface area (Å²) in [6, 6.07) is 6.16. The fourth-order valence-corrected chi connectivity index (χ4v) is 4.52. The molecule has 1 saturated carbocycles. The molecule has 162 valence electrons. The van der Waals surface area contributed by atoms with E-state index in [0.717, 1.165) is 24.1 Å². The molecule has 0 bridgehead atoms. The van der Waals surface area contributed by atoms with Crippen molar-refractivity contribution in [1.29, 1.82) is 0 Å². The van der Waals surface area contributed by atoms with E-state index in [4.69, 9.17) is 0 Å². The Morgan fingerprint density at radius 1 is 1.10 bits per heavy atom. The molecule has 1 fully saturated rings. The molecule has 3 rings (SSSR count). The third-order valence-electron chi connectivity index (χ3n) is 5.52. The van der Waals surface area contributed by atoms with Gasteiger partial charge in [0.2, 0.25) is 11.8 Å². The van der Waals surface area contributed by atoms with Gasteiger partial charge in [-0.05, 0) is 56.9 Å². The van der Waals surface area contributed by atoms with Crippen molar-refractivity contribution in [2.75, 3.05) is 11.1 Å². The van der Waals surface area contributed by atoms with E-state index in [1.54, 1.807) is 0 Å². The van der Waals surface area contributed by atoms with E-state index in [1.807, 2.05) is 43.5 Å². The predicted octanol–water partition coefficient (Wildman–Crippen LogP) is 3.64. The summed E-state index contributed by atoms with van der Waals surface area (Å²) in [5, 5.41) is 15.1. The van der Waals surface area contributed by atoms with Crippen molar-refractivity contribution in [3.8, 4) is 0 Å². The molecule has 2 N–H and O–H groups in total. The Hall–Kier alpha value is -2.35. The van der Waals surface area contributed by atoms with Gasteiger partial charge in [-0.3, -0.25) is 9.59 Å². The summed E-state index contributed by atoms with van der Waals surface area (Å²) < 4.78 is 1.90. The smallest absolute Gasteiger partial charge is 0.232 e. The standard InChI is InChI=1S/C22H31N5O2S/c1-4-27-19(13-20(28)24-18-11-10-15(2)16(3)12-18)25-26-22(27)30-14-21(29)23-17-8-6-5-7-9-17/h10-12,17H,4-9,13-14H2,1-3H3,(H,23,29)(H,24,28). The van der Waals surface area contributed by atoms with Crippen molar-refractivity contribution in [2.45, 2.75) is 77.0 Å². The molecule has 0 saturated heterocycles. The number of aryl methyl sites for hydroxylation is 2. The van der Waals surface area contributed by atoms with Crippen LogP contribution in [0.4, 0.5) is 5.69 Å². The SMILES string of the molecule is CCn1c(CC(=O)Nc2ccc(C)c(C)c2)nnc1SCC(=O)NC1CCCCC1. The number of benzene rings is 1. The van der Waals surface area contributed by atoms with Gasteiger partial charge in [-0.2, -0.15) is 0 Å². The van der Waals surface area contributed by atoms with Gasteiger partial charge in [0.25, 0.3) is 0 Å². The molecule has 1 aliphatic carbocycles. The first-order valence-electron chi connectivity index (χ1n) is 10.7. The lowest BCUT2D eigenvalue weighted by molar-refractivity contribution is -0.119. The number of aromatic nitrogens is 3. The molecule has 1 heterocycles. The minimum atomic E-state index is -0.132. The molecule has 0 radical (unpaired) electrons. The van der Waals surface area contributed by atoms with E-state index < -0.39 is 0 Å². The summed E-state index contributed by atoms with van der Waals surface area (Å²) in [7, 11) is 0. The van der Waals surface area contributed by atoms with Crippen molar-refractivity contribution in [2.24, 2.45) is 0 Å². The minimum Gasteiger partial charge on any atom is -0.353 e. The Morgan fingerprint density at radius 3 is 2.57 bits per heavy atom. The second-order valence-corrected chi connectivity index (χ2v) is 8.80. The third-order valence-corrected chi connectivity index (χ3v) is 6.49. The van der Waals surface area contributed by atoms with Crippen LogP contribution in [-0.4, -0.2) is 38.4 Å². The molecule has 0 spiro atoms.